The van der Waals surface area contributed by atoms with Gasteiger partial charge in [-0.1, -0.05) is 0 Å². The zero-order chi connectivity index (χ0) is 17.2. The molecule has 0 unspecified atom stereocenters. The van der Waals surface area contributed by atoms with Crippen LogP contribution in [0, 0.1) is 0 Å². The van der Waals surface area contributed by atoms with Crippen molar-refractivity contribution < 1.29 is 23.9 Å². The number of benzene rings is 1. The van der Waals surface area contributed by atoms with Gasteiger partial charge >= 0.3 is 150 Å². The predicted octanol–water partition coefficient (Wildman–Crippen LogP) is 0.699. The van der Waals surface area contributed by atoms with Crippen molar-refractivity contribution in [3.05, 3.63) is 29.3 Å². The first-order chi connectivity index (χ1) is 11.0. The number of esters is 2. The number of hydrogen-bond acceptors (Lipinski definition) is 5. The molecule has 0 saturated heterocycles. The molecule has 1 rings (SSSR count). The Morgan fingerprint density at radius 2 is 1.83 bits per heavy atom. The summed E-state index contributed by atoms with van der Waals surface area (Å²) in [4.78, 5) is 34.8. The van der Waals surface area contributed by atoms with Crippen LogP contribution in [0.5, 0.6) is 0 Å². The third-order valence-corrected chi connectivity index (χ3v) is 5.98. The minimum atomic E-state index is -1.02. The van der Waals surface area contributed by atoms with Crippen LogP contribution in [0.3, 0.4) is 0 Å². The zero-order valence-corrected chi connectivity index (χ0v) is 15.9. The predicted molar refractivity (Wildman–Crippen MR) is 86.8 cm³/mol. The molecule has 1 N–H and O–H groups in total. The molecule has 0 saturated carbocycles. The molecule has 0 fully saturated rings. The molecule has 0 aliphatic carbocycles. The molecule has 6 nitrogen and oxygen atoms in total. The fourth-order valence-electron chi connectivity index (χ4n) is 1.64. The molecule has 0 heterocycles. The van der Waals surface area contributed by atoms with Crippen molar-refractivity contribution in [2.24, 2.45) is 0 Å². The van der Waals surface area contributed by atoms with Crippen molar-refractivity contribution in [3.8, 4) is 0 Å². The van der Waals surface area contributed by atoms with E-state index in [1.54, 1.807) is 0 Å². The molecule has 126 valence electrons. The molecule has 0 radical (unpaired) electrons. The van der Waals surface area contributed by atoms with Gasteiger partial charge in [0.1, 0.15) is 0 Å². The number of carbonyl (C=O) groups excluding carboxylic acids is 3. The van der Waals surface area contributed by atoms with Crippen LogP contribution < -0.4 is 8.93 Å². The number of rotatable bonds is 8. The van der Waals surface area contributed by atoms with E-state index in [2.05, 4.69) is 14.8 Å². The van der Waals surface area contributed by atoms with E-state index in [9.17, 15) is 14.4 Å². The first kappa shape index (κ1) is 19.8. The van der Waals surface area contributed by atoms with Crippen LogP contribution in [0.15, 0.2) is 24.3 Å². The Labute approximate surface area is 149 Å². The van der Waals surface area contributed by atoms with Gasteiger partial charge in [0.05, 0.1) is 0 Å². The first-order valence-electron chi connectivity index (χ1n) is 6.78. The summed E-state index contributed by atoms with van der Waals surface area (Å²) in [6, 6.07) is 6.54. The Hall–Kier alpha value is -1.29. The molecule has 0 spiro atoms. The van der Waals surface area contributed by atoms with Crippen molar-refractivity contribution in [1.29, 1.82) is 0 Å². The van der Waals surface area contributed by atoms with Crippen molar-refractivity contribution in [3.63, 3.8) is 0 Å². The number of amides is 1. The fourth-order valence-corrected chi connectivity index (χ4v) is 4.20. The van der Waals surface area contributed by atoms with E-state index in [4.69, 9.17) is 11.6 Å². The topological polar surface area (TPSA) is 81.7 Å². The number of methoxy groups -OCH3 is 2. The number of ether oxygens (including phenoxy) is 2. The molecule has 0 aliphatic heterocycles. The van der Waals surface area contributed by atoms with E-state index >= 15 is 0 Å². The fraction of sp³-hybridized carbons (Fsp3) is 0.400. The Kier molecular flexibility index (Phi) is 9.00. The van der Waals surface area contributed by atoms with Gasteiger partial charge in [-0.15, -0.1) is 0 Å². The second-order valence-electron chi connectivity index (χ2n) is 4.48. The van der Waals surface area contributed by atoms with Gasteiger partial charge in [-0.3, -0.25) is 0 Å². The second kappa shape index (κ2) is 10.5. The normalized spacial score (nSPS) is 11.4. The summed E-state index contributed by atoms with van der Waals surface area (Å²) in [6.07, 6.45) is 0.0440. The maximum atomic E-state index is 11.9. The molecule has 0 aromatic heterocycles. The summed E-state index contributed by atoms with van der Waals surface area (Å²) < 4.78 is 11.0. The standard InChI is InChI=1S/C15H18ClNO5Te/c1-21-14(19)9-12(15(20)22-2)17-13(18)7-8-23-11-5-3-10(16)4-6-11/h3-6,12H,7-9H2,1-2H3,(H,17,18)/t12-/m0/s1. The third kappa shape index (κ3) is 7.69. The van der Waals surface area contributed by atoms with Crippen LogP contribution in [-0.4, -0.2) is 59.0 Å². The SMILES string of the molecule is COC(=O)C[C@H](NC(=O)CC[Te]c1ccc(Cl)cc1)C(=O)OC. The molecule has 8 heteroatoms. The molecule has 0 bridgehead atoms. The van der Waals surface area contributed by atoms with E-state index in [1.165, 1.54) is 17.8 Å². The number of halogens is 1. The minimum absolute atomic E-state index is 0.247. The van der Waals surface area contributed by atoms with Gasteiger partial charge in [0.2, 0.25) is 0 Å². The maximum absolute atomic E-state index is 11.9. The molecule has 1 aromatic rings. The van der Waals surface area contributed by atoms with E-state index < -0.39 is 38.9 Å². The zero-order valence-electron chi connectivity index (χ0n) is 12.8. The Morgan fingerprint density at radius 3 is 2.39 bits per heavy atom. The third-order valence-electron chi connectivity index (χ3n) is 2.83. The van der Waals surface area contributed by atoms with Crippen molar-refractivity contribution in [2.75, 3.05) is 14.2 Å². The molecule has 23 heavy (non-hydrogen) atoms. The van der Waals surface area contributed by atoms with Gasteiger partial charge in [0, 0.05) is 0 Å². The van der Waals surface area contributed by atoms with Crippen LogP contribution in [-0.2, 0) is 23.9 Å². The molecule has 0 aliphatic rings. The average Bonchev–Trinajstić information content (AvgIpc) is 2.55. The van der Waals surface area contributed by atoms with Crippen LogP contribution in [0.25, 0.3) is 0 Å². The van der Waals surface area contributed by atoms with Crippen LogP contribution >= 0.6 is 11.6 Å². The van der Waals surface area contributed by atoms with Crippen LogP contribution in [0.1, 0.15) is 12.8 Å². The van der Waals surface area contributed by atoms with Gasteiger partial charge in [0.25, 0.3) is 0 Å². The molecular weight excluding hydrogens is 437 g/mol. The Balaban J connectivity index is 2.43. The molecule has 1 amide bonds. The molecular formula is C15H18ClNO5Te. The molecule has 1 atom stereocenters. The van der Waals surface area contributed by atoms with E-state index in [0.29, 0.717) is 11.4 Å². The quantitative estimate of drug-likeness (QED) is 0.461. The average molecular weight is 455 g/mol. The summed E-state index contributed by atoms with van der Waals surface area (Å²) in [6.45, 7) is 0. The van der Waals surface area contributed by atoms with Gasteiger partial charge in [-0.2, -0.15) is 0 Å². The van der Waals surface area contributed by atoms with Gasteiger partial charge in [-0.05, 0) is 0 Å². The first-order valence-corrected chi connectivity index (χ1v) is 9.97. The number of hydrogen-bond donors (Lipinski definition) is 1. The van der Waals surface area contributed by atoms with E-state index in [-0.39, 0.29) is 12.3 Å². The van der Waals surface area contributed by atoms with Crippen LogP contribution in [0.4, 0.5) is 0 Å². The summed E-state index contributed by atoms with van der Waals surface area (Å²) >= 11 is 5.32. The number of carbonyl (C=O) groups is 3. The number of nitrogens with one attached hydrogen (secondary N) is 1. The Bertz CT molecular complexity index is 549. The van der Waals surface area contributed by atoms with Crippen molar-refractivity contribution >= 4 is 54.0 Å². The summed E-state index contributed by atoms with van der Waals surface area (Å²) in [5, 5.41) is 3.20. The second-order valence-corrected chi connectivity index (χ2v) is 8.25. The van der Waals surface area contributed by atoms with Gasteiger partial charge in [0.15, 0.2) is 0 Å². The summed E-state index contributed by atoms with van der Waals surface area (Å²) in [5.41, 5.74) is 0. The summed E-state index contributed by atoms with van der Waals surface area (Å²) in [5.74, 6) is -1.54. The van der Waals surface area contributed by atoms with E-state index in [1.807, 2.05) is 24.3 Å². The Morgan fingerprint density at radius 1 is 1.17 bits per heavy atom. The molecule has 1 aromatic carbocycles. The van der Waals surface area contributed by atoms with Crippen LogP contribution in [0.2, 0.25) is 9.49 Å². The van der Waals surface area contributed by atoms with E-state index in [0.717, 1.165) is 4.47 Å². The van der Waals surface area contributed by atoms with Crippen molar-refractivity contribution in [1.82, 2.24) is 5.32 Å². The summed E-state index contributed by atoms with van der Waals surface area (Å²) in [7, 11) is 2.42. The van der Waals surface area contributed by atoms with Gasteiger partial charge in [-0.25, -0.2) is 0 Å². The van der Waals surface area contributed by atoms with Gasteiger partial charge < -0.3 is 0 Å². The van der Waals surface area contributed by atoms with Crippen molar-refractivity contribution in [2.45, 2.75) is 23.4 Å². The monoisotopic (exact) mass is 457 g/mol.